The topological polar surface area (TPSA) is 121 Å². The van der Waals surface area contributed by atoms with E-state index in [1.54, 1.807) is 65.9 Å². The van der Waals surface area contributed by atoms with Crippen molar-refractivity contribution < 1.29 is 9.59 Å². The minimum atomic E-state index is -0.594. The first-order valence-electron chi connectivity index (χ1n) is 10.4. The highest BCUT2D eigenvalue weighted by Gasteiger charge is 2.19. The largest absolute Gasteiger partial charge is 0.364 e. The number of carbonyl (C=O) groups is 2. The second-order valence-electron chi connectivity index (χ2n) is 7.42. The van der Waals surface area contributed by atoms with Crippen LogP contribution in [-0.2, 0) is 0 Å². The molecule has 5 rings (SSSR count). The molecule has 9 nitrogen and oxygen atoms in total. The van der Waals surface area contributed by atoms with Gasteiger partial charge in [0.25, 0.3) is 11.8 Å². The van der Waals surface area contributed by atoms with Crippen LogP contribution in [0.15, 0.2) is 97.6 Å². The van der Waals surface area contributed by atoms with Crippen LogP contribution in [0.2, 0.25) is 0 Å². The number of benzene rings is 2. The van der Waals surface area contributed by atoms with Crippen molar-refractivity contribution >= 4 is 17.5 Å². The fraction of sp³-hybridized carbons (Fsp3) is 0. The first-order chi connectivity index (χ1) is 16.6. The van der Waals surface area contributed by atoms with E-state index in [1.165, 1.54) is 4.68 Å². The molecule has 34 heavy (non-hydrogen) atoms. The average Bonchev–Trinajstić information content (AvgIpc) is 3.54. The SMILES string of the molecule is NC(=O)c1ccn(-c2ccc(NC(=O)c3cn(-c4ccccc4)nc3-c3cccnc3)cc2)n1. The molecule has 0 bridgehead atoms. The summed E-state index contributed by atoms with van der Waals surface area (Å²) in [5, 5.41) is 11.7. The number of hydrogen-bond donors (Lipinski definition) is 2. The van der Waals surface area contributed by atoms with E-state index in [0.29, 0.717) is 16.9 Å². The van der Waals surface area contributed by atoms with Crippen molar-refractivity contribution in [1.29, 1.82) is 0 Å². The van der Waals surface area contributed by atoms with E-state index in [0.717, 1.165) is 16.9 Å². The third kappa shape index (κ3) is 4.17. The summed E-state index contributed by atoms with van der Waals surface area (Å²) in [7, 11) is 0. The van der Waals surface area contributed by atoms with E-state index >= 15 is 0 Å². The number of nitrogens with one attached hydrogen (secondary N) is 1. The van der Waals surface area contributed by atoms with E-state index < -0.39 is 5.91 Å². The van der Waals surface area contributed by atoms with Gasteiger partial charge in [0.1, 0.15) is 11.4 Å². The molecule has 0 aliphatic heterocycles. The highest BCUT2D eigenvalue weighted by molar-refractivity contribution is 6.08. The summed E-state index contributed by atoms with van der Waals surface area (Å²) in [6, 6.07) is 21.9. The molecule has 0 saturated heterocycles. The lowest BCUT2D eigenvalue weighted by atomic mass is 10.1. The fourth-order valence-electron chi connectivity index (χ4n) is 3.46. The molecule has 9 heteroatoms. The lowest BCUT2D eigenvalue weighted by Crippen LogP contribution is -2.13. The molecular formula is C25H19N7O2. The van der Waals surface area contributed by atoms with Crippen LogP contribution >= 0.6 is 0 Å². The Morgan fingerprint density at radius 2 is 1.59 bits per heavy atom. The van der Waals surface area contributed by atoms with E-state index in [-0.39, 0.29) is 11.6 Å². The maximum absolute atomic E-state index is 13.2. The Bertz CT molecular complexity index is 1460. The quantitative estimate of drug-likeness (QED) is 0.411. The van der Waals surface area contributed by atoms with Gasteiger partial charge in [-0.2, -0.15) is 10.2 Å². The molecule has 0 unspecified atom stereocenters. The van der Waals surface area contributed by atoms with Gasteiger partial charge in [-0.05, 0) is 54.6 Å². The summed E-state index contributed by atoms with van der Waals surface area (Å²) < 4.78 is 3.21. The molecule has 2 aromatic carbocycles. The number of amides is 2. The molecule has 0 aliphatic rings. The molecule has 0 atom stereocenters. The Morgan fingerprint density at radius 3 is 2.26 bits per heavy atom. The zero-order valence-corrected chi connectivity index (χ0v) is 17.9. The molecule has 3 heterocycles. The number of hydrogen-bond acceptors (Lipinski definition) is 5. The minimum absolute atomic E-state index is 0.177. The van der Waals surface area contributed by atoms with Gasteiger partial charge in [0.15, 0.2) is 0 Å². The summed E-state index contributed by atoms with van der Waals surface area (Å²) in [6.07, 6.45) is 6.70. The Morgan fingerprint density at radius 1 is 0.824 bits per heavy atom. The van der Waals surface area contributed by atoms with Gasteiger partial charge in [-0.25, -0.2) is 9.36 Å². The van der Waals surface area contributed by atoms with Crippen LogP contribution in [0.5, 0.6) is 0 Å². The lowest BCUT2D eigenvalue weighted by Gasteiger charge is -2.07. The van der Waals surface area contributed by atoms with Gasteiger partial charge in [0, 0.05) is 36.0 Å². The van der Waals surface area contributed by atoms with Gasteiger partial charge in [0.2, 0.25) is 0 Å². The van der Waals surface area contributed by atoms with Crippen LogP contribution in [0, 0.1) is 0 Å². The molecule has 0 fully saturated rings. The molecule has 166 valence electrons. The van der Waals surface area contributed by atoms with Crippen molar-refractivity contribution in [2.75, 3.05) is 5.32 Å². The van der Waals surface area contributed by atoms with Gasteiger partial charge in [-0.15, -0.1) is 0 Å². The van der Waals surface area contributed by atoms with Crippen LogP contribution < -0.4 is 11.1 Å². The Hall–Kier alpha value is -5.05. The average molecular weight is 449 g/mol. The molecule has 0 radical (unpaired) electrons. The van der Waals surface area contributed by atoms with Gasteiger partial charge in [-0.1, -0.05) is 18.2 Å². The maximum Gasteiger partial charge on any atom is 0.269 e. The summed E-state index contributed by atoms with van der Waals surface area (Å²) in [4.78, 5) is 28.7. The van der Waals surface area contributed by atoms with E-state index in [1.807, 2.05) is 36.4 Å². The van der Waals surface area contributed by atoms with Crippen LogP contribution in [-0.4, -0.2) is 36.4 Å². The standard InChI is InChI=1S/C25H19N7O2/c26-24(33)22-12-14-31(29-22)20-10-8-18(9-11-20)28-25(34)21-16-32(19-6-2-1-3-7-19)30-23(21)17-5-4-13-27-15-17/h1-16H,(H2,26,33)(H,28,34). The monoisotopic (exact) mass is 449 g/mol. The smallest absolute Gasteiger partial charge is 0.269 e. The number of para-hydroxylation sites is 1. The number of nitrogens with two attached hydrogens (primary N) is 1. The Kier molecular flexibility index (Phi) is 5.41. The summed E-state index contributed by atoms with van der Waals surface area (Å²) in [5.41, 5.74) is 9.28. The van der Waals surface area contributed by atoms with Crippen LogP contribution in [0.4, 0.5) is 5.69 Å². The van der Waals surface area contributed by atoms with Crippen LogP contribution in [0.25, 0.3) is 22.6 Å². The number of rotatable bonds is 6. The van der Waals surface area contributed by atoms with Crippen molar-refractivity contribution in [1.82, 2.24) is 24.5 Å². The second kappa shape index (κ2) is 8.83. The van der Waals surface area contributed by atoms with Crippen molar-refractivity contribution in [3.8, 4) is 22.6 Å². The lowest BCUT2D eigenvalue weighted by molar-refractivity contribution is 0.0993. The van der Waals surface area contributed by atoms with Crippen LogP contribution in [0.3, 0.4) is 0 Å². The Balaban J connectivity index is 1.43. The summed E-state index contributed by atoms with van der Waals surface area (Å²) in [5.74, 6) is -0.896. The van der Waals surface area contributed by atoms with Crippen LogP contribution in [0.1, 0.15) is 20.8 Å². The molecule has 2 amide bonds. The molecule has 0 saturated carbocycles. The van der Waals surface area contributed by atoms with Gasteiger partial charge >= 0.3 is 0 Å². The molecule has 0 spiro atoms. The number of anilines is 1. The van der Waals surface area contributed by atoms with Crippen molar-refractivity contribution in [2.45, 2.75) is 0 Å². The molecule has 0 aliphatic carbocycles. The second-order valence-corrected chi connectivity index (χ2v) is 7.42. The number of aromatic nitrogens is 5. The first-order valence-corrected chi connectivity index (χ1v) is 10.4. The number of nitrogens with zero attached hydrogens (tertiary/aromatic N) is 5. The molecular weight excluding hydrogens is 430 g/mol. The first kappa shape index (κ1) is 20.8. The third-order valence-electron chi connectivity index (χ3n) is 5.15. The normalized spacial score (nSPS) is 10.7. The highest BCUT2D eigenvalue weighted by atomic mass is 16.2. The van der Waals surface area contributed by atoms with Gasteiger partial charge < -0.3 is 11.1 Å². The van der Waals surface area contributed by atoms with Crippen molar-refractivity contribution in [3.05, 3.63) is 109 Å². The van der Waals surface area contributed by atoms with E-state index in [2.05, 4.69) is 20.5 Å². The number of carbonyl (C=O) groups excluding carboxylic acids is 2. The summed E-state index contributed by atoms with van der Waals surface area (Å²) in [6.45, 7) is 0. The highest BCUT2D eigenvalue weighted by Crippen LogP contribution is 2.24. The predicted molar refractivity (Wildman–Crippen MR) is 127 cm³/mol. The molecule has 3 aromatic heterocycles. The van der Waals surface area contributed by atoms with Crippen molar-refractivity contribution in [2.24, 2.45) is 5.73 Å². The number of pyridine rings is 1. The number of primary amides is 1. The van der Waals surface area contributed by atoms with Gasteiger partial charge in [-0.3, -0.25) is 14.6 Å². The maximum atomic E-state index is 13.2. The zero-order valence-electron chi connectivity index (χ0n) is 17.9. The Labute approximate surface area is 194 Å². The van der Waals surface area contributed by atoms with E-state index in [9.17, 15) is 9.59 Å². The van der Waals surface area contributed by atoms with Crippen molar-refractivity contribution in [3.63, 3.8) is 0 Å². The molecule has 5 aromatic rings. The molecule has 3 N–H and O–H groups in total. The fourth-order valence-corrected chi connectivity index (χ4v) is 3.46. The van der Waals surface area contributed by atoms with E-state index in [4.69, 9.17) is 5.73 Å². The third-order valence-corrected chi connectivity index (χ3v) is 5.15. The van der Waals surface area contributed by atoms with Gasteiger partial charge in [0.05, 0.1) is 16.9 Å². The zero-order chi connectivity index (χ0) is 23.5. The minimum Gasteiger partial charge on any atom is -0.364 e. The predicted octanol–water partition coefficient (Wildman–Crippen LogP) is 3.47. The summed E-state index contributed by atoms with van der Waals surface area (Å²) >= 11 is 0.